The number of anilines is 3. The van der Waals surface area contributed by atoms with Crippen LogP contribution >= 0.6 is 0 Å². The fraction of sp³-hybridized carbons (Fsp3) is 0.458. The van der Waals surface area contributed by atoms with E-state index < -0.39 is 10.0 Å². The van der Waals surface area contributed by atoms with Gasteiger partial charge in [-0.2, -0.15) is 4.31 Å². The molecule has 0 saturated carbocycles. The molecule has 0 bridgehead atoms. The number of rotatable bonds is 7. The van der Waals surface area contributed by atoms with Gasteiger partial charge in [0.2, 0.25) is 15.9 Å². The average molecular weight is 457 g/mol. The van der Waals surface area contributed by atoms with Crippen molar-refractivity contribution in [1.29, 1.82) is 0 Å². The zero-order chi connectivity index (χ0) is 22.6. The number of hydrogen-bond acceptors (Lipinski definition) is 5. The van der Waals surface area contributed by atoms with E-state index in [1.165, 1.54) is 24.9 Å². The molecule has 1 saturated heterocycles. The van der Waals surface area contributed by atoms with E-state index in [-0.39, 0.29) is 18.2 Å². The molecule has 2 aliphatic rings. The molecule has 4 rings (SSSR count). The number of carbonyl (C=O) groups is 1. The molecule has 1 fully saturated rings. The Bertz CT molecular complexity index is 1050. The molecule has 32 heavy (non-hydrogen) atoms. The lowest BCUT2D eigenvalue weighted by Gasteiger charge is -2.29. The van der Waals surface area contributed by atoms with Gasteiger partial charge in [0, 0.05) is 43.2 Å². The minimum Gasteiger partial charge on any atom is -0.376 e. The second-order valence-electron chi connectivity index (χ2n) is 8.42. The van der Waals surface area contributed by atoms with Gasteiger partial charge < -0.3 is 15.5 Å². The van der Waals surface area contributed by atoms with Crippen molar-refractivity contribution in [1.82, 2.24) is 4.31 Å². The zero-order valence-electron chi connectivity index (χ0n) is 18.6. The predicted molar refractivity (Wildman–Crippen MR) is 130 cm³/mol. The molecule has 0 aliphatic carbocycles. The summed E-state index contributed by atoms with van der Waals surface area (Å²) in [5.74, 6) is -0.00117. The van der Waals surface area contributed by atoms with Crippen LogP contribution in [0.4, 0.5) is 17.1 Å². The highest BCUT2D eigenvalue weighted by Crippen LogP contribution is 2.28. The van der Waals surface area contributed by atoms with Crippen molar-refractivity contribution in [3.05, 3.63) is 53.6 Å². The van der Waals surface area contributed by atoms with Gasteiger partial charge in [0.05, 0.1) is 12.3 Å². The van der Waals surface area contributed by atoms with Gasteiger partial charge in [0.1, 0.15) is 0 Å². The summed E-state index contributed by atoms with van der Waals surface area (Å²) in [6, 6.07) is 13.9. The number of benzene rings is 2. The van der Waals surface area contributed by atoms with Crippen LogP contribution < -0.4 is 15.5 Å². The Balaban J connectivity index is 1.33. The van der Waals surface area contributed by atoms with Gasteiger partial charge in [0.25, 0.3) is 0 Å². The maximum absolute atomic E-state index is 12.5. The minimum absolute atomic E-state index is 0.111. The predicted octanol–water partition coefficient (Wildman–Crippen LogP) is 3.44. The van der Waals surface area contributed by atoms with Crippen LogP contribution in [-0.2, 0) is 27.8 Å². The highest BCUT2D eigenvalue weighted by atomic mass is 32.2. The summed E-state index contributed by atoms with van der Waals surface area (Å²) < 4.78 is 25.9. The van der Waals surface area contributed by atoms with E-state index in [0.29, 0.717) is 19.5 Å². The van der Waals surface area contributed by atoms with Gasteiger partial charge in [-0.25, -0.2) is 8.42 Å². The Hall–Kier alpha value is -2.58. The minimum atomic E-state index is -3.20. The second-order valence-corrected chi connectivity index (χ2v) is 10.7. The van der Waals surface area contributed by atoms with E-state index in [2.05, 4.69) is 27.7 Å². The van der Waals surface area contributed by atoms with Crippen LogP contribution in [0.5, 0.6) is 0 Å². The fourth-order valence-corrected chi connectivity index (χ4v) is 5.53. The Labute approximate surface area is 190 Å². The van der Waals surface area contributed by atoms with E-state index >= 15 is 0 Å². The van der Waals surface area contributed by atoms with Crippen LogP contribution in [0, 0.1) is 0 Å². The van der Waals surface area contributed by atoms with Crippen molar-refractivity contribution in [2.24, 2.45) is 0 Å². The lowest BCUT2D eigenvalue weighted by molar-refractivity contribution is -0.114. The molecule has 0 spiro atoms. The van der Waals surface area contributed by atoms with E-state index in [4.69, 9.17) is 0 Å². The number of nitrogens with zero attached hydrogens (tertiary/aromatic N) is 2. The largest absolute Gasteiger partial charge is 0.376 e. The van der Waals surface area contributed by atoms with Gasteiger partial charge in [-0.1, -0.05) is 12.1 Å². The standard InChI is InChI=1S/C24H32N4O3S/c1-2-32(30,31)28-16-13-22-19(18-28)7-6-8-23(22)25-17-24(29)26-20-9-11-21(12-10-20)27-14-4-3-5-15-27/h6-12,25H,2-5,13-18H2,1H3,(H,26,29). The Morgan fingerprint density at radius 2 is 1.75 bits per heavy atom. The maximum Gasteiger partial charge on any atom is 0.243 e. The SMILES string of the molecule is CCS(=O)(=O)N1CCc2c(cccc2NCC(=O)Nc2ccc(N3CCCCC3)cc2)C1. The number of piperidine rings is 1. The third kappa shape index (κ3) is 5.24. The molecule has 0 aromatic heterocycles. The van der Waals surface area contributed by atoms with Crippen LogP contribution in [0.15, 0.2) is 42.5 Å². The molecule has 2 aromatic carbocycles. The molecule has 172 valence electrons. The van der Waals surface area contributed by atoms with Crippen molar-refractivity contribution in [2.75, 3.05) is 47.5 Å². The Morgan fingerprint density at radius 1 is 1.00 bits per heavy atom. The third-order valence-electron chi connectivity index (χ3n) is 6.30. The molecule has 0 radical (unpaired) electrons. The molecule has 2 aromatic rings. The van der Waals surface area contributed by atoms with Crippen molar-refractivity contribution < 1.29 is 13.2 Å². The van der Waals surface area contributed by atoms with Gasteiger partial charge in [0.15, 0.2) is 0 Å². The lowest BCUT2D eigenvalue weighted by atomic mass is 9.99. The Morgan fingerprint density at radius 3 is 2.47 bits per heavy atom. The maximum atomic E-state index is 12.5. The molecule has 2 aliphatic heterocycles. The first-order valence-corrected chi connectivity index (χ1v) is 13.0. The summed E-state index contributed by atoms with van der Waals surface area (Å²) in [5.41, 5.74) is 4.97. The monoisotopic (exact) mass is 456 g/mol. The third-order valence-corrected chi connectivity index (χ3v) is 8.13. The number of sulfonamides is 1. The smallest absolute Gasteiger partial charge is 0.243 e. The van der Waals surface area contributed by atoms with Crippen molar-refractivity contribution >= 4 is 33.0 Å². The fourth-order valence-electron chi connectivity index (χ4n) is 4.46. The van der Waals surface area contributed by atoms with E-state index in [1.807, 2.05) is 30.3 Å². The summed E-state index contributed by atoms with van der Waals surface area (Å²) in [4.78, 5) is 14.9. The summed E-state index contributed by atoms with van der Waals surface area (Å²) in [5, 5.41) is 6.18. The molecule has 0 unspecified atom stereocenters. The van der Waals surface area contributed by atoms with E-state index in [0.717, 1.165) is 35.6 Å². The van der Waals surface area contributed by atoms with E-state index in [1.54, 1.807) is 11.2 Å². The first-order chi connectivity index (χ1) is 15.5. The topological polar surface area (TPSA) is 81.8 Å². The number of carbonyl (C=O) groups excluding carboxylic acids is 1. The molecular weight excluding hydrogens is 424 g/mol. The lowest BCUT2D eigenvalue weighted by Crippen LogP contribution is -2.37. The van der Waals surface area contributed by atoms with Crippen LogP contribution in [0.3, 0.4) is 0 Å². The van der Waals surface area contributed by atoms with Gasteiger partial charge >= 0.3 is 0 Å². The number of nitrogens with one attached hydrogen (secondary N) is 2. The highest BCUT2D eigenvalue weighted by molar-refractivity contribution is 7.89. The summed E-state index contributed by atoms with van der Waals surface area (Å²) in [6.45, 7) is 4.87. The molecular formula is C24H32N4O3S. The molecule has 7 nitrogen and oxygen atoms in total. The van der Waals surface area contributed by atoms with Gasteiger partial charge in [-0.15, -0.1) is 0 Å². The molecule has 2 N–H and O–H groups in total. The van der Waals surface area contributed by atoms with Gasteiger partial charge in [-0.05, 0) is 74.1 Å². The molecule has 1 amide bonds. The average Bonchev–Trinajstić information content (AvgIpc) is 2.83. The number of amides is 1. The van der Waals surface area contributed by atoms with Crippen LogP contribution in [-0.4, -0.2) is 50.6 Å². The summed E-state index contributed by atoms with van der Waals surface area (Å²) in [6.07, 6.45) is 4.41. The summed E-state index contributed by atoms with van der Waals surface area (Å²) >= 11 is 0. The van der Waals surface area contributed by atoms with Crippen molar-refractivity contribution in [3.63, 3.8) is 0 Å². The number of hydrogen-bond donors (Lipinski definition) is 2. The van der Waals surface area contributed by atoms with Crippen LogP contribution in [0.2, 0.25) is 0 Å². The zero-order valence-corrected chi connectivity index (χ0v) is 19.5. The first-order valence-electron chi connectivity index (χ1n) is 11.4. The van der Waals surface area contributed by atoms with Crippen LogP contribution in [0.1, 0.15) is 37.3 Å². The van der Waals surface area contributed by atoms with E-state index in [9.17, 15) is 13.2 Å². The quantitative estimate of drug-likeness (QED) is 0.667. The van der Waals surface area contributed by atoms with Gasteiger partial charge in [-0.3, -0.25) is 4.79 Å². The summed E-state index contributed by atoms with van der Waals surface area (Å²) in [7, 11) is -3.20. The highest BCUT2D eigenvalue weighted by Gasteiger charge is 2.26. The molecule has 8 heteroatoms. The number of fused-ring (bicyclic) bond motifs is 1. The molecule has 2 heterocycles. The normalized spacial score (nSPS) is 17.0. The van der Waals surface area contributed by atoms with Crippen molar-refractivity contribution in [2.45, 2.75) is 39.2 Å². The molecule has 0 atom stereocenters. The second kappa shape index (κ2) is 9.92. The van der Waals surface area contributed by atoms with Crippen LogP contribution in [0.25, 0.3) is 0 Å². The Kier molecular flexibility index (Phi) is 7.01. The van der Waals surface area contributed by atoms with Crippen molar-refractivity contribution in [3.8, 4) is 0 Å². The first kappa shape index (κ1) is 22.6.